The van der Waals surface area contributed by atoms with Crippen LogP contribution in [0.25, 0.3) is 0 Å². The van der Waals surface area contributed by atoms with E-state index in [1.807, 2.05) is 62.3 Å². The monoisotopic (exact) mass is 958 g/mol. The molecule has 0 saturated heterocycles. The topological polar surface area (TPSA) is 256 Å². The fraction of sp³-hybridized carbons (Fsp3) is 0.865. The van der Waals surface area contributed by atoms with Crippen LogP contribution in [0.3, 0.4) is 0 Å². The summed E-state index contributed by atoms with van der Waals surface area (Å²) in [6.07, 6.45) is 2.25. The minimum Gasteiger partial charge on any atom is -0.481 e. The molecular weight excluding hydrogens is 847 g/mol. The quantitative estimate of drug-likeness (QED) is 0.0893. The fourth-order valence-corrected chi connectivity index (χ4v) is 3.70. The number of carbonyl (C=O) groups excluding carboxylic acids is 3. The van der Waals surface area contributed by atoms with E-state index in [4.69, 9.17) is 30.9 Å². The molecule has 1 aliphatic carbocycles. The van der Waals surface area contributed by atoms with Crippen molar-refractivity contribution in [2.75, 3.05) is 7.11 Å². The molecule has 0 radical (unpaired) electrons. The molecule has 0 aromatic rings. The van der Waals surface area contributed by atoms with Crippen LogP contribution in [0.5, 0.6) is 0 Å². The van der Waals surface area contributed by atoms with Crippen molar-refractivity contribution in [3.63, 3.8) is 0 Å². The Morgan fingerprint density at radius 1 is 0.530 bits per heavy atom. The number of hydrogen-bond acceptors (Lipinski definition) is 10. The van der Waals surface area contributed by atoms with Gasteiger partial charge in [-0.25, -0.2) is 4.79 Å². The van der Waals surface area contributed by atoms with Gasteiger partial charge >= 0.3 is 23.9 Å². The number of rotatable bonds is 15. The van der Waals surface area contributed by atoms with Crippen LogP contribution in [-0.2, 0) is 38.3 Å². The van der Waals surface area contributed by atoms with E-state index in [1.54, 1.807) is 62.3 Å². The number of hydrogen-bond donors (Lipinski definition) is 6. The molecule has 1 fully saturated rings. The SMILES string of the molecule is C.C.C.C.CC(=O)C(C)(O)C(C)C.CC(=O)C1(C(C)C)CC1.CC(=O)[C@H](C)C(C)C.CC(C)C(C)(C)C(=O)O.CC(C)C(C)(N)C(=O)O.CC(C)[C@H](C)C(=O)O.COC(C)(C(=O)O)C(C)C. The van der Waals surface area contributed by atoms with Gasteiger partial charge in [0.15, 0.2) is 11.4 Å². The molecule has 402 valence electrons. The molecule has 14 heteroatoms. The van der Waals surface area contributed by atoms with Crippen LogP contribution in [-0.4, -0.2) is 90.6 Å². The molecule has 0 amide bonds. The maximum absolute atomic E-state index is 11.0. The van der Waals surface area contributed by atoms with Gasteiger partial charge in [-0.2, -0.15) is 0 Å². The Bertz CT molecular complexity index is 1230. The molecule has 66 heavy (non-hydrogen) atoms. The van der Waals surface area contributed by atoms with Crippen molar-refractivity contribution in [2.24, 2.45) is 69.8 Å². The van der Waals surface area contributed by atoms with E-state index < -0.39 is 46.0 Å². The first-order valence-electron chi connectivity index (χ1n) is 21.8. The highest BCUT2D eigenvalue weighted by Gasteiger charge is 2.49. The second-order valence-corrected chi connectivity index (χ2v) is 19.9. The lowest BCUT2D eigenvalue weighted by atomic mass is 9.81. The van der Waals surface area contributed by atoms with Gasteiger partial charge in [-0.1, -0.05) is 140 Å². The molecule has 0 bridgehead atoms. The van der Waals surface area contributed by atoms with Gasteiger partial charge in [0.25, 0.3) is 0 Å². The van der Waals surface area contributed by atoms with Crippen LogP contribution in [0.15, 0.2) is 0 Å². The van der Waals surface area contributed by atoms with Crippen molar-refractivity contribution < 1.29 is 63.8 Å². The third-order valence-corrected chi connectivity index (χ3v) is 13.1. The number of carbonyl (C=O) groups is 7. The van der Waals surface area contributed by atoms with Crippen molar-refractivity contribution in [3.05, 3.63) is 0 Å². The van der Waals surface area contributed by atoms with E-state index in [0.29, 0.717) is 23.4 Å². The molecule has 5 atom stereocenters. The summed E-state index contributed by atoms with van der Waals surface area (Å²) >= 11 is 0. The standard InChI is InChI=1S/C8H14O.C7H14O3.2C7H14O2.C7H14O.C6H13NO2.C6H12O2.4CH4/c1-6(2)8(4-5-8)7(3)9;1-5(2)7(3,10-4)6(8)9;1-5(2)7(3,4)6(8)9;1-5(2)7(4,9)6(3)8;1-5(2)6(3)7(4)8;1-4(2)6(3,7)5(8)9;1-4(2)5(3)6(7)8;;;;/h6H,4-5H2,1-3H3;5H,1-4H3,(H,8,9);5H,1-4H3,(H,8,9);5,9H,1-4H3;5-6H,1-4H3;4H,7H2,1-3H3,(H,8,9);4-5H,1-3H3,(H,7,8);4*1H4/t;;;;6-;;5-;;;;/m....1.0..../s1. The highest BCUT2D eigenvalue weighted by atomic mass is 16.5. The van der Waals surface area contributed by atoms with Gasteiger partial charge in [-0.15, -0.1) is 0 Å². The summed E-state index contributed by atoms with van der Waals surface area (Å²) in [7, 11) is 1.41. The van der Waals surface area contributed by atoms with Gasteiger partial charge in [-0.3, -0.25) is 28.8 Å². The third-order valence-electron chi connectivity index (χ3n) is 13.1. The first kappa shape index (κ1) is 86.0. The molecule has 0 spiro atoms. The lowest BCUT2D eigenvalue weighted by molar-refractivity contribution is -0.165. The van der Waals surface area contributed by atoms with Gasteiger partial charge in [0.05, 0.1) is 11.3 Å². The molecule has 0 aromatic carbocycles. The molecule has 1 aliphatic rings. The largest absolute Gasteiger partial charge is 0.481 e. The van der Waals surface area contributed by atoms with Gasteiger partial charge < -0.3 is 36.0 Å². The predicted octanol–water partition coefficient (Wildman–Crippen LogP) is 12.1. The van der Waals surface area contributed by atoms with Crippen LogP contribution < -0.4 is 5.73 Å². The number of carboxylic acids is 4. The normalized spacial score (nSPS) is 15.4. The van der Waals surface area contributed by atoms with Crippen molar-refractivity contribution in [2.45, 2.75) is 225 Å². The Hall–Kier alpha value is -3.23. The smallest absolute Gasteiger partial charge is 0.335 e. The van der Waals surface area contributed by atoms with E-state index in [9.17, 15) is 38.7 Å². The second-order valence-electron chi connectivity index (χ2n) is 19.9. The van der Waals surface area contributed by atoms with Crippen molar-refractivity contribution in [3.8, 4) is 0 Å². The zero-order chi connectivity index (χ0) is 51.9. The Kier molecular flexibility index (Phi) is 49.1. The van der Waals surface area contributed by atoms with Gasteiger partial charge in [0.2, 0.25) is 0 Å². The van der Waals surface area contributed by atoms with E-state index in [1.165, 1.54) is 21.0 Å². The van der Waals surface area contributed by atoms with Gasteiger partial charge in [0, 0.05) is 18.4 Å². The third kappa shape index (κ3) is 33.3. The molecule has 0 aliphatic heterocycles. The van der Waals surface area contributed by atoms with Gasteiger partial charge in [-0.05, 0) is 110 Å². The number of ketones is 3. The van der Waals surface area contributed by atoms with Crippen LogP contribution >= 0.6 is 0 Å². The number of methoxy groups -OCH3 is 1. The molecule has 3 unspecified atom stereocenters. The first-order chi connectivity index (χ1) is 27.3. The van der Waals surface area contributed by atoms with Crippen molar-refractivity contribution in [1.29, 1.82) is 0 Å². The summed E-state index contributed by atoms with van der Waals surface area (Å²) in [5.74, 6) is -1.34. The van der Waals surface area contributed by atoms with Crippen LogP contribution in [0.4, 0.5) is 0 Å². The molecule has 0 heterocycles. The summed E-state index contributed by atoms with van der Waals surface area (Å²) < 4.78 is 4.86. The maximum Gasteiger partial charge on any atom is 0.335 e. The lowest BCUT2D eigenvalue weighted by Gasteiger charge is -2.26. The summed E-state index contributed by atoms with van der Waals surface area (Å²) in [6.45, 7) is 43.4. The average molecular weight is 958 g/mol. The van der Waals surface area contributed by atoms with Crippen LogP contribution in [0.1, 0.15) is 209 Å². The van der Waals surface area contributed by atoms with E-state index in [0.717, 1.165) is 12.8 Å². The Morgan fingerprint density at radius 2 is 0.864 bits per heavy atom. The Labute approximate surface area is 406 Å². The summed E-state index contributed by atoms with van der Waals surface area (Å²) in [5.41, 5.74) is 1.67. The fourth-order valence-electron chi connectivity index (χ4n) is 3.70. The minimum absolute atomic E-state index is 0. The number of carboxylic acid groups (broad SMARTS) is 4. The summed E-state index contributed by atoms with van der Waals surface area (Å²) in [5, 5.41) is 43.4. The van der Waals surface area contributed by atoms with E-state index >= 15 is 0 Å². The van der Waals surface area contributed by atoms with Crippen molar-refractivity contribution >= 4 is 41.2 Å². The lowest BCUT2D eigenvalue weighted by Crippen LogP contribution is -2.49. The molecule has 1 saturated carbocycles. The zero-order valence-corrected chi connectivity index (χ0v) is 43.7. The van der Waals surface area contributed by atoms with Crippen LogP contribution in [0, 0.1) is 64.1 Å². The second kappa shape index (κ2) is 37.7. The first-order valence-corrected chi connectivity index (χ1v) is 21.8. The highest BCUT2D eigenvalue weighted by molar-refractivity contribution is 5.85. The van der Waals surface area contributed by atoms with E-state index in [2.05, 4.69) is 27.7 Å². The van der Waals surface area contributed by atoms with Gasteiger partial charge in [0.1, 0.15) is 22.7 Å². The average Bonchev–Trinajstić information content (AvgIpc) is 3.94. The molecule has 14 nitrogen and oxygen atoms in total. The summed E-state index contributed by atoms with van der Waals surface area (Å²) in [4.78, 5) is 73.7. The molecular formula is C52H111NO13. The predicted molar refractivity (Wildman–Crippen MR) is 276 cm³/mol. The molecule has 0 aromatic heterocycles. The number of ether oxygens (including phenoxy) is 1. The number of aliphatic carboxylic acids is 4. The van der Waals surface area contributed by atoms with Crippen molar-refractivity contribution in [1.82, 2.24) is 0 Å². The number of aliphatic hydroxyl groups is 1. The highest BCUT2D eigenvalue weighted by Crippen LogP contribution is 2.52. The van der Waals surface area contributed by atoms with Crippen LogP contribution in [0.2, 0.25) is 0 Å². The van der Waals surface area contributed by atoms with E-state index in [-0.39, 0.29) is 82.3 Å². The minimum atomic E-state index is -1.14. The Morgan fingerprint density at radius 3 is 0.864 bits per heavy atom. The molecule has 7 N–H and O–H groups in total. The molecule has 1 rings (SSSR count). The number of Topliss-reactive ketones (excluding diaryl/α,β-unsaturated/α-hetero) is 3. The summed E-state index contributed by atoms with van der Waals surface area (Å²) in [6, 6.07) is 0. The zero-order valence-electron chi connectivity index (χ0n) is 43.7. The number of nitrogens with two attached hydrogens (primary N) is 1. The Balaban J connectivity index is -0.0000000687. The maximum atomic E-state index is 11.0.